The fraction of sp³-hybridized carbons (Fsp3) is 0.462. The normalized spacial score (nSPS) is 13.3. The molecule has 2 N–H and O–H groups in total. The number of rotatable bonds is 5. The Morgan fingerprint density at radius 1 is 1.50 bits per heavy atom. The molecule has 1 unspecified atom stereocenters. The molecule has 0 amide bonds. The lowest BCUT2D eigenvalue weighted by atomic mass is 10.3. The number of nitrogen functional groups attached to an aromatic ring is 1. The van der Waals surface area contributed by atoms with Crippen LogP contribution < -0.4 is 5.73 Å². The molecule has 0 aliphatic heterocycles. The van der Waals surface area contributed by atoms with E-state index in [4.69, 9.17) is 14.9 Å². The van der Waals surface area contributed by atoms with Gasteiger partial charge in [0.2, 0.25) is 5.89 Å². The number of fused-ring (bicyclic) bond motifs is 1. The van der Waals surface area contributed by atoms with Crippen molar-refractivity contribution >= 4 is 16.8 Å². The van der Waals surface area contributed by atoms with Gasteiger partial charge in [-0.3, -0.25) is 4.90 Å². The summed E-state index contributed by atoms with van der Waals surface area (Å²) in [5.74, 6) is 0.674. The van der Waals surface area contributed by atoms with Gasteiger partial charge in [-0.05, 0) is 26.1 Å². The van der Waals surface area contributed by atoms with Gasteiger partial charge in [-0.2, -0.15) is 0 Å². The monoisotopic (exact) mass is 249 g/mol. The zero-order valence-electron chi connectivity index (χ0n) is 11.0. The summed E-state index contributed by atoms with van der Waals surface area (Å²) < 4.78 is 10.8. The molecule has 2 aromatic rings. The van der Waals surface area contributed by atoms with Crippen LogP contribution in [-0.4, -0.2) is 36.7 Å². The molecule has 0 spiro atoms. The molecule has 0 radical (unpaired) electrons. The Balaban J connectivity index is 2.15. The molecular weight excluding hydrogens is 230 g/mol. The molecule has 1 atom stereocenters. The van der Waals surface area contributed by atoms with Crippen molar-refractivity contribution in [1.29, 1.82) is 0 Å². The lowest BCUT2D eigenvalue weighted by Gasteiger charge is -2.22. The third kappa shape index (κ3) is 2.63. The predicted octanol–water partition coefficient (Wildman–Crippen LogP) is 1.88. The van der Waals surface area contributed by atoms with Gasteiger partial charge >= 0.3 is 0 Å². The van der Waals surface area contributed by atoms with Crippen LogP contribution in [0.4, 0.5) is 5.69 Å². The molecule has 1 aromatic heterocycles. The molecule has 18 heavy (non-hydrogen) atoms. The summed E-state index contributed by atoms with van der Waals surface area (Å²) in [7, 11) is 3.71. The number of benzene rings is 1. The van der Waals surface area contributed by atoms with Crippen molar-refractivity contribution in [3.63, 3.8) is 0 Å². The summed E-state index contributed by atoms with van der Waals surface area (Å²) in [6.45, 7) is 3.41. The summed E-state index contributed by atoms with van der Waals surface area (Å²) in [6.07, 6.45) is 0. The van der Waals surface area contributed by atoms with Crippen molar-refractivity contribution in [2.24, 2.45) is 0 Å². The summed E-state index contributed by atoms with van der Waals surface area (Å²) in [4.78, 5) is 6.55. The van der Waals surface area contributed by atoms with E-state index in [0.717, 1.165) is 11.1 Å². The second-order valence-corrected chi connectivity index (χ2v) is 4.52. The van der Waals surface area contributed by atoms with Crippen LogP contribution >= 0.6 is 0 Å². The first-order valence-electron chi connectivity index (χ1n) is 5.95. The average Bonchev–Trinajstić information content (AvgIpc) is 2.73. The molecule has 5 heteroatoms. The number of hydrogen-bond donors (Lipinski definition) is 1. The Bertz CT molecular complexity index is 524. The van der Waals surface area contributed by atoms with Crippen molar-refractivity contribution < 1.29 is 9.15 Å². The molecule has 5 nitrogen and oxygen atoms in total. The fourth-order valence-electron chi connectivity index (χ4n) is 1.82. The van der Waals surface area contributed by atoms with Crippen LogP contribution in [0, 0.1) is 0 Å². The Kier molecular flexibility index (Phi) is 3.84. The topological polar surface area (TPSA) is 64.5 Å². The minimum atomic E-state index is 0.308. The molecule has 0 aliphatic rings. The molecule has 0 bridgehead atoms. The van der Waals surface area contributed by atoms with Gasteiger partial charge in [0.1, 0.15) is 5.52 Å². The fourth-order valence-corrected chi connectivity index (χ4v) is 1.82. The first kappa shape index (κ1) is 12.9. The van der Waals surface area contributed by atoms with Gasteiger partial charge in [-0.15, -0.1) is 0 Å². The molecule has 0 fully saturated rings. The minimum Gasteiger partial charge on any atom is -0.439 e. The van der Waals surface area contributed by atoms with E-state index in [9.17, 15) is 0 Å². The highest BCUT2D eigenvalue weighted by Crippen LogP contribution is 2.21. The number of para-hydroxylation sites is 1. The van der Waals surface area contributed by atoms with E-state index in [1.165, 1.54) is 0 Å². The number of methoxy groups -OCH3 is 1. The van der Waals surface area contributed by atoms with Crippen LogP contribution in [0.15, 0.2) is 22.6 Å². The smallest absolute Gasteiger partial charge is 0.209 e. The van der Waals surface area contributed by atoms with Crippen LogP contribution in [0.25, 0.3) is 11.1 Å². The number of anilines is 1. The van der Waals surface area contributed by atoms with Crippen LogP contribution in [0.2, 0.25) is 0 Å². The zero-order chi connectivity index (χ0) is 13.1. The summed E-state index contributed by atoms with van der Waals surface area (Å²) in [5.41, 5.74) is 7.97. The zero-order valence-corrected chi connectivity index (χ0v) is 11.0. The summed E-state index contributed by atoms with van der Waals surface area (Å²) in [5, 5.41) is 0. The van der Waals surface area contributed by atoms with Crippen molar-refractivity contribution in [3.05, 3.63) is 24.1 Å². The van der Waals surface area contributed by atoms with E-state index in [1.807, 2.05) is 25.2 Å². The third-order valence-corrected chi connectivity index (χ3v) is 3.04. The maximum absolute atomic E-state index is 5.85. The highest BCUT2D eigenvalue weighted by atomic mass is 16.5. The van der Waals surface area contributed by atoms with Gasteiger partial charge in [0.15, 0.2) is 5.58 Å². The molecule has 1 heterocycles. The Hall–Kier alpha value is -1.59. The van der Waals surface area contributed by atoms with Crippen LogP contribution in [0.1, 0.15) is 12.8 Å². The van der Waals surface area contributed by atoms with E-state index in [2.05, 4.69) is 16.8 Å². The van der Waals surface area contributed by atoms with Gasteiger partial charge in [-0.25, -0.2) is 4.98 Å². The lowest BCUT2D eigenvalue weighted by molar-refractivity contribution is 0.107. The number of likely N-dealkylation sites (N-methyl/N-ethyl adjacent to an activating group) is 1. The third-order valence-electron chi connectivity index (χ3n) is 3.04. The van der Waals surface area contributed by atoms with Crippen molar-refractivity contribution in [1.82, 2.24) is 9.88 Å². The number of nitrogens with zero attached hydrogens (tertiary/aromatic N) is 2. The number of oxazole rings is 1. The molecule has 98 valence electrons. The van der Waals surface area contributed by atoms with E-state index in [-0.39, 0.29) is 0 Å². The van der Waals surface area contributed by atoms with Gasteiger partial charge in [0.25, 0.3) is 0 Å². The van der Waals surface area contributed by atoms with E-state index >= 15 is 0 Å². The standard InChI is InChI=1S/C13H19N3O2/c1-9(8-17-3)16(2)7-12-15-13-10(14)5-4-6-11(13)18-12/h4-6,9H,7-8,14H2,1-3H3. The minimum absolute atomic E-state index is 0.308. The SMILES string of the molecule is COCC(C)N(C)Cc1nc2c(N)cccc2o1. The van der Waals surface area contributed by atoms with Crippen LogP contribution in [0.5, 0.6) is 0 Å². The molecule has 0 saturated carbocycles. The number of aromatic nitrogens is 1. The second kappa shape index (κ2) is 5.37. The van der Waals surface area contributed by atoms with Gasteiger partial charge in [0.05, 0.1) is 18.8 Å². The summed E-state index contributed by atoms with van der Waals surface area (Å²) >= 11 is 0. The van der Waals surface area contributed by atoms with E-state index < -0.39 is 0 Å². The summed E-state index contributed by atoms with van der Waals surface area (Å²) in [6, 6.07) is 5.87. The first-order chi connectivity index (χ1) is 8.61. The highest BCUT2D eigenvalue weighted by molar-refractivity contribution is 5.85. The lowest BCUT2D eigenvalue weighted by Crippen LogP contribution is -2.32. The Labute approximate surface area is 107 Å². The number of hydrogen-bond acceptors (Lipinski definition) is 5. The molecular formula is C13H19N3O2. The molecule has 0 aliphatic carbocycles. The van der Waals surface area contributed by atoms with E-state index in [1.54, 1.807) is 7.11 Å². The van der Waals surface area contributed by atoms with Gasteiger partial charge < -0.3 is 14.9 Å². The molecule has 1 aromatic carbocycles. The Morgan fingerprint density at radius 2 is 2.28 bits per heavy atom. The quantitative estimate of drug-likeness (QED) is 0.820. The molecule has 2 rings (SSSR count). The maximum atomic E-state index is 5.85. The molecule has 0 saturated heterocycles. The first-order valence-corrected chi connectivity index (χ1v) is 5.95. The Morgan fingerprint density at radius 3 is 2.94 bits per heavy atom. The van der Waals surface area contributed by atoms with Crippen molar-refractivity contribution in [3.8, 4) is 0 Å². The predicted molar refractivity (Wildman–Crippen MR) is 71.2 cm³/mol. The van der Waals surface area contributed by atoms with Crippen molar-refractivity contribution in [2.75, 3.05) is 26.5 Å². The van der Waals surface area contributed by atoms with Gasteiger partial charge in [0, 0.05) is 13.2 Å². The average molecular weight is 249 g/mol. The second-order valence-electron chi connectivity index (χ2n) is 4.52. The van der Waals surface area contributed by atoms with Gasteiger partial charge in [-0.1, -0.05) is 6.07 Å². The number of ether oxygens (including phenoxy) is 1. The van der Waals surface area contributed by atoms with Crippen LogP contribution in [0.3, 0.4) is 0 Å². The highest BCUT2D eigenvalue weighted by Gasteiger charge is 2.14. The van der Waals surface area contributed by atoms with Crippen LogP contribution in [-0.2, 0) is 11.3 Å². The van der Waals surface area contributed by atoms with Crippen molar-refractivity contribution in [2.45, 2.75) is 19.5 Å². The van der Waals surface area contributed by atoms with E-state index in [0.29, 0.717) is 30.8 Å². The maximum Gasteiger partial charge on any atom is 0.209 e. The number of nitrogens with two attached hydrogens (primary N) is 1. The largest absolute Gasteiger partial charge is 0.439 e.